The van der Waals surface area contributed by atoms with E-state index >= 15 is 0 Å². The van der Waals surface area contributed by atoms with Crippen LogP contribution in [0.1, 0.15) is 10.5 Å². The number of nitrogens with zero attached hydrogens (tertiary/aromatic N) is 5. The molecule has 2 fully saturated rings. The van der Waals surface area contributed by atoms with Crippen LogP contribution in [0.15, 0.2) is 48.7 Å². The number of rotatable bonds is 3. The second-order valence-corrected chi connectivity index (χ2v) is 8.61. The molecule has 0 amide bonds. The summed E-state index contributed by atoms with van der Waals surface area (Å²) in [6, 6.07) is 13.8. The number of anilines is 1. The summed E-state index contributed by atoms with van der Waals surface area (Å²) in [6.45, 7) is 8.16. The van der Waals surface area contributed by atoms with Crippen LogP contribution in [-0.4, -0.2) is 97.3 Å². The monoisotopic (exact) mass is 448 g/mol. The van der Waals surface area contributed by atoms with E-state index in [2.05, 4.69) is 39.2 Å². The molecular weight excluding hydrogens is 416 g/mol. The molecule has 8 nitrogen and oxygen atoms in total. The van der Waals surface area contributed by atoms with E-state index in [1.807, 2.05) is 47.4 Å². The number of hydrogen-bond donors (Lipinski definition) is 2. The summed E-state index contributed by atoms with van der Waals surface area (Å²) < 4.78 is 0. The number of hydrogen-bond acceptors (Lipinski definition) is 7. The van der Waals surface area contributed by atoms with Crippen molar-refractivity contribution in [1.29, 1.82) is 0 Å². The Hall–Kier alpha value is -3.07. The van der Waals surface area contributed by atoms with Gasteiger partial charge in [0.1, 0.15) is 0 Å². The van der Waals surface area contributed by atoms with E-state index in [9.17, 15) is 9.90 Å². The molecule has 174 valence electrons. The number of aromatic carboxylic acids is 1. The van der Waals surface area contributed by atoms with Crippen molar-refractivity contribution in [3.8, 4) is 11.1 Å². The molecule has 0 spiro atoms. The lowest BCUT2D eigenvalue weighted by Gasteiger charge is -2.32. The van der Waals surface area contributed by atoms with Gasteiger partial charge < -0.3 is 25.1 Å². The number of carbonyl (C=O) groups is 1. The van der Waals surface area contributed by atoms with Crippen molar-refractivity contribution < 1.29 is 9.90 Å². The van der Waals surface area contributed by atoms with Crippen molar-refractivity contribution in [2.45, 2.75) is 0 Å². The zero-order valence-electron chi connectivity index (χ0n) is 19.4. The van der Waals surface area contributed by atoms with Crippen molar-refractivity contribution >= 4 is 22.7 Å². The van der Waals surface area contributed by atoms with Crippen LogP contribution >= 0.6 is 0 Å². The first-order chi connectivity index (χ1) is 16.0. The van der Waals surface area contributed by atoms with Gasteiger partial charge in [0.05, 0.1) is 0 Å². The number of benzene rings is 2. The molecule has 0 atom stereocenters. The molecule has 0 radical (unpaired) electrons. The lowest BCUT2D eigenvalue weighted by Crippen LogP contribution is -2.45. The number of carboxylic acid groups (broad SMARTS) is 1. The normalized spacial score (nSPS) is 17.5. The summed E-state index contributed by atoms with van der Waals surface area (Å²) in [4.78, 5) is 27.4. The van der Waals surface area contributed by atoms with E-state index in [0.29, 0.717) is 11.5 Å². The second kappa shape index (κ2) is 10.7. The maximum Gasteiger partial charge on any atom is 0.355 e. The average Bonchev–Trinajstić information content (AvgIpc) is 2.85. The predicted octanol–water partition coefficient (Wildman–Crippen LogP) is 2.27. The molecule has 0 bridgehead atoms. The molecule has 3 aromatic rings. The maximum absolute atomic E-state index is 11.9. The van der Waals surface area contributed by atoms with Gasteiger partial charge in [-0.05, 0) is 30.4 Å². The zero-order valence-corrected chi connectivity index (χ0v) is 19.4. The van der Waals surface area contributed by atoms with Gasteiger partial charge in [-0.1, -0.05) is 42.5 Å². The lowest BCUT2D eigenvalue weighted by molar-refractivity contribution is 0.0691. The van der Waals surface area contributed by atoms with Crippen LogP contribution in [0.4, 0.5) is 5.95 Å². The Kier molecular flexibility index (Phi) is 7.49. The van der Waals surface area contributed by atoms with Crippen molar-refractivity contribution in [3.63, 3.8) is 0 Å². The van der Waals surface area contributed by atoms with Gasteiger partial charge in [0.25, 0.3) is 0 Å². The van der Waals surface area contributed by atoms with Crippen molar-refractivity contribution in [1.82, 2.24) is 25.1 Å². The minimum absolute atomic E-state index is 0.0466. The summed E-state index contributed by atoms with van der Waals surface area (Å²) in [5.41, 5.74) is 1.43. The Morgan fingerprint density at radius 3 is 2.21 bits per heavy atom. The van der Waals surface area contributed by atoms with E-state index in [1.54, 1.807) is 6.20 Å². The summed E-state index contributed by atoms with van der Waals surface area (Å²) in [6.07, 6.45) is 1.64. The molecule has 1 aromatic heterocycles. The molecular formula is C25H32N6O2. The molecule has 0 unspecified atom stereocenters. The number of fused-ring (bicyclic) bond motifs is 1. The molecule has 8 heteroatoms. The standard InChI is InChI=1S/C20H20N4O2.C5H12N2/c1-23-9-11-24(12-10-23)20-21-13-17(18(22-20)19(25)26)16-8-4-6-14-5-2-3-7-15(14)16;1-7-4-2-6-3-5-7/h2-8,13H,9-12H2,1H3,(H,25,26);6H,2-5H2,1H3. The van der Waals surface area contributed by atoms with E-state index in [0.717, 1.165) is 55.6 Å². The second-order valence-electron chi connectivity index (χ2n) is 8.61. The molecule has 0 aliphatic carbocycles. The van der Waals surface area contributed by atoms with Gasteiger partial charge in [-0.2, -0.15) is 0 Å². The average molecular weight is 449 g/mol. The van der Waals surface area contributed by atoms with Crippen LogP contribution in [0, 0.1) is 0 Å². The van der Waals surface area contributed by atoms with Crippen LogP contribution < -0.4 is 10.2 Å². The summed E-state index contributed by atoms with van der Waals surface area (Å²) >= 11 is 0. The molecule has 2 N–H and O–H groups in total. The van der Waals surface area contributed by atoms with E-state index in [1.165, 1.54) is 13.1 Å². The first-order valence-electron chi connectivity index (χ1n) is 11.4. The number of aromatic nitrogens is 2. The third-order valence-corrected chi connectivity index (χ3v) is 6.19. The summed E-state index contributed by atoms with van der Waals surface area (Å²) in [5, 5.41) is 15.1. The Balaban J connectivity index is 0.000000318. The van der Waals surface area contributed by atoms with E-state index < -0.39 is 5.97 Å². The van der Waals surface area contributed by atoms with E-state index in [4.69, 9.17) is 0 Å². The third-order valence-electron chi connectivity index (χ3n) is 6.19. The molecule has 5 rings (SSSR count). The Labute approximate surface area is 194 Å². The number of likely N-dealkylation sites (N-methyl/N-ethyl adjacent to an activating group) is 2. The van der Waals surface area contributed by atoms with Crippen molar-refractivity contribution in [3.05, 3.63) is 54.4 Å². The topological polar surface area (TPSA) is 84.8 Å². The highest BCUT2D eigenvalue weighted by Gasteiger charge is 2.21. The quantitative estimate of drug-likeness (QED) is 0.631. The largest absolute Gasteiger partial charge is 0.476 e. The van der Waals surface area contributed by atoms with Crippen LogP contribution in [0.25, 0.3) is 21.9 Å². The van der Waals surface area contributed by atoms with Crippen molar-refractivity contribution in [2.24, 2.45) is 0 Å². The molecule has 3 heterocycles. The highest BCUT2D eigenvalue weighted by Crippen LogP contribution is 2.31. The molecule has 2 aliphatic heterocycles. The van der Waals surface area contributed by atoms with E-state index in [-0.39, 0.29) is 5.69 Å². The Bertz CT molecular complexity index is 1090. The van der Waals surface area contributed by atoms with Crippen LogP contribution in [0.5, 0.6) is 0 Å². The minimum atomic E-state index is -1.04. The summed E-state index contributed by atoms with van der Waals surface area (Å²) in [5.74, 6) is -0.551. The van der Waals surface area contributed by atoms with Crippen LogP contribution in [0.3, 0.4) is 0 Å². The molecule has 2 saturated heterocycles. The molecule has 2 aliphatic rings. The van der Waals surface area contributed by atoms with Gasteiger partial charge in [-0.3, -0.25) is 0 Å². The fraction of sp³-hybridized carbons (Fsp3) is 0.400. The van der Waals surface area contributed by atoms with Gasteiger partial charge >= 0.3 is 5.97 Å². The summed E-state index contributed by atoms with van der Waals surface area (Å²) in [7, 11) is 4.23. The number of piperazine rings is 2. The Morgan fingerprint density at radius 2 is 1.55 bits per heavy atom. The fourth-order valence-corrected chi connectivity index (χ4v) is 4.13. The van der Waals surface area contributed by atoms with Gasteiger partial charge in [-0.15, -0.1) is 0 Å². The maximum atomic E-state index is 11.9. The predicted molar refractivity (Wildman–Crippen MR) is 132 cm³/mol. The van der Waals surface area contributed by atoms with Crippen LogP contribution in [0.2, 0.25) is 0 Å². The lowest BCUT2D eigenvalue weighted by atomic mass is 9.98. The van der Waals surface area contributed by atoms with Gasteiger partial charge in [-0.25, -0.2) is 14.8 Å². The van der Waals surface area contributed by atoms with Gasteiger partial charge in [0.15, 0.2) is 5.69 Å². The minimum Gasteiger partial charge on any atom is -0.476 e. The van der Waals surface area contributed by atoms with Crippen molar-refractivity contribution in [2.75, 3.05) is 71.4 Å². The highest BCUT2D eigenvalue weighted by molar-refractivity contribution is 6.02. The van der Waals surface area contributed by atoms with Gasteiger partial charge in [0, 0.05) is 64.1 Å². The first-order valence-corrected chi connectivity index (χ1v) is 11.4. The van der Waals surface area contributed by atoms with Crippen LogP contribution in [-0.2, 0) is 0 Å². The molecule has 0 saturated carbocycles. The number of carboxylic acids is 1. The highest BCUT2D eigenvalue weighted by atomic mass is 16.4. The smallest absolute Gasteiger partial charge is 0.355 e. The molecule has 33 heavy (non-hydrogen) atoms. The number of nitrogens with one attached hydrogen (secondary N) is 1. The zero-order chi connectivity index (χ0) is 23.2. The SMILES string of the molecule is CN1CCN(c2ncc(-c3cccc4ccccc34)c(C(=O)O)n2)CC1.CN1CCNCC1. The van der Waals surface area contributed by atoms with Gasteiger partial charge in [0.2, 0.25) is 5.95 Å². The molecule has 2 aromatic carbocycles. The fourth-order valence-electron chi connectivity index (χ4n) is 4.13. The Morgan fingerprint density at radius 1 is 0.879 bits per heavy atom. The third kappa shape index (κ3) is 5.65. The first kappa shape index (κ1) is 23.1.